The van der Waals surface area contributed by atoms with Crippen LogP contribution in [-0.4, -0.2) is 11.8 Å². The highest BCUT2D eigenvalue weighted by Crippen LogP contribution is 2.08. The molecule has 3 nitrogen and oxygen atoms in total. The van der Waals surface area contributed by atoms with E-state index in [-0.39, 0.29) is 0 Å². The molecule has 0 aliphatic rings. The summed E-state index contributed by atoms with van der Waals surface area (Å²) in [4.78, 5) is 23.6. The average Bonchev–Trinajstić information content (AvgIpc) is 2.50. The van der Waals surface area contributed by atoms with Crippen LogP contribution in [0.2, 0.25) is 0 Å². The lowest BCUT2D eigenvalue weighted by Gasteiger charge is -2.04. The number of unbranched alkanes of at least 4 members (excludes halogenated alkanes) is 3. The van der Waals surface area contributed by atoms with Gasteiger partial charge in [-0.3, -0.25) is 4.79 Å². The highest BCUT2D eigenvalue weighted by Gasteiger charge is 2.18. The fourth-order valence-electron chi connectivity index (χ4n) is 1.67. The van der Waals surface area contributed by atoms with E-state index < -0.39 is 11.8 Å². The zero-order valence-electron chi connectivity index (χ0n) is 11.8. The van der Waals surface area contributed by atoms with Gasteiger partial charge in [0, 0.05) is 5.56 Å². The number of hydrogen-bond acceptors (Lipinski definition) is 3. The Labute approximate surface area is 120 Å². The quantitative estimate of drug-likeness (QED) is 0.179. The Bertz CT molecular complexity index is 486. The van der Waals surface area contributed by atoms with E-state index in [0.717, 1.165) is 25.7 Å². The van der Waals surface area contributed by atoms with Crippen molar-refractivity contribution in [2.45, 2.75) is 32.6 Å². The van der Waals surface area contributed by atoms with Crippen molar-refractivity contribution in [2.75, 3.05) is 0 Å². The van der Waals surface area contributed by atoms with Crippen LogP contribution in [0.5, 0.6) is 0 Å². The van der Waals surface area contributed by atoms with Crippen molar-refractivity contribution in [3.8, 4) is 0 Å². The first-order chi connectivity index (χ1) is 9.69. The molecule has 0 spiro atoms. The molecule has 20 heavy (non-hydrogen) atoms. The molecule has 1 rings (SSSR count). The molecule has 106 valence electrons. The molecule has 0 saturated heterocycles. The molecule has 0 saturated carbocycles. The van der Waals surface area contributed by atoms with Gasteiger partial charge in [0.2, 0.25) is 0 Å². The van der Waals surface area contributed by atoms with E-state index in [9.17, 15) is 9.59 Å². The molecule has 1 aromatic rings. The van der Waals surface area contributed by atoms with Crippen molar-refractivity contribution in [1.29, 1.82) is 0 Å². The summed E-state index contributed by atoms with van der Waals surface area (Å²) in [5.74, 6) is -1.18. The number of ether oxygens (including phenoxy) is 1. The Kier molecular flexibility index (Phi) is 7.04. The van der Waals surface area contributed by atoms with Crippen LogP contribution in [-0.2, 0) is 9.53 Å². The minimum absolute atomic E-state index is 0.326. The smallest absolute Gasteiger partial charge is 0.385 e. The molecule has 0 unspecified atom stereocenters. The van der Waals surface area contributed by atoms with Crippen LogP contribution in [0.3, 0.4) is 0 Å². The molecular formula is C17H20O3. The first kappa shape index (κ1) is 15.9. The number of ketones is 1. The topological polar surface area (TPSA) is 43.4 Å². The second-order valence-electron chi connectivity index (χ2n) is 4.39. The standard InChI is InChI=1S/C17H20O3/c1-3-5-6-10-13-15(4-2)20-17(19)16(18)14-11-8-7-9-12-14/h4,7-9,11-13H,2-3,5-6,10H2,1H3. The van der Waals surface area contributed by atoms with Gasteiger partial charge in [0.1, 0.15) is 5.76 Å². The molecule has 0 amide bonds. The average molecular weight is 272 g/mol. The lowest BCUT2D eigenvalue weighted by Crippen LogP contribution is -2.16. The second-order valence-corrected chi connectivity index (χ2v) is 4.39. The van der Waals surface area contributed by atoms with E-state index in [4.69, 9.17) is 4.74 Å². The number of esters is 1. The predicted molar refractivity (Wildman–Crippen MR) is 79.3 cm³/mol. The van der Waals surface area contributed by atoms with Crippen molar-refractivity contribution < 1.29 is 14.3 Å². The third-order valence-corrected chi connectivity index (χ3v) is 2.79. The van der Waals surface area contributed by atoms with Gasteiger partial charge in [0.25, 0.3) is 5.78 Å². The van der Waals surface area contributed by atoms with Gasteiger partial charge in [-0.25, -0.2) is 4.79 Å². The highest BCUT2D eigenvalue weighted by molar-refractivity contribution is 6.40. The highest BCUT2D eigenvalue weighted by atomic mass is 16.5. The number of allylic oxidation sites excluding steroid dienone is 2. The molecular weight excluding hydrogens is 252 g/mol. The number of benzene rings is 1. The van der Waals surface area contributed by atoms with E-state index in [1.807, 2.05) is 0 Å². The zero-order chi connectivity index (χ0) is 14.8. The van der Waals surface area contributed by atoms with Crippen molar-refractivity contribution in [2.24, 2.45) is 0 Å². The maximum atomic E-state index is 11.8. The summed E-state index contributed by atoms with van der Waals surface area (Å²) in [6.07, 6.45) is 7.32. The molecule has 0 aliphatic carbocycles. The van der Waals surface area contributed by atoms with Crippen molar-refractivity contribution in [3.05, 3.63) is 60.4 Å². The number of Topliss-reactive ketones (excluding diaryl/α,β-unsaturated/α-hetero) is 1. The van der Waals surface area contributed by atoms with Gasteiger partial charge in [-0.1, -0.05) is 56.7 Å². The molecule has 1 aromatic carbocycles. The number of rotatable bonds is 8. The second kappa shape index (κ2) is 8.86. The Morgan fingerprint density at radius 3 is 2.50 bits per heavy atom. The molecule has 0 heterocycles. The van der Waals surface area contributed by atoms with Crippen molar-refractivity contribution in [1.82, 2.24) is 0 Å². The molecule has 0 N–H and O–H groups in total. The summed E-state index contributed by atoms with van der Waals surface area (Å²) < 4.78 is 5.05. The normalized spacial score (nSPS) is 10.9. The van der Waals surface area contributed by atoms with E-state index >= 15 is 0 Å². The Morgan fingerprint density at radius 2 is 1.90 bits per heavy atom. The van der Waals surface area contributed by atoms with Crippen molar-refractivity contribution >= 4 is 11.8 Å². The van der Waals surface area contributed by atoms with Crippen molar-refractivity contribution in [3.63, 3.8) is 0 Å². The third kappa shape index (κ3) is 5.22. The van der Waals surface area contributed by atoms with E-state index in [1.165, 1.54) is 6.08 Å². The van der Waals surface area contributed by atoms with Crippen LogP contribution in [0, 0.1) is 0 Å². The van der Waals surface area contributed by atoms with Crippen LogP contribution < -0.4 is 0 Å². The summed E-state index contributed by atoms with van der Waals surface area (Å²) in [7, 11) is 0. The van der Waals surface area contributed by atoms with E-state index in [0.29, 0.717) is 11.3 Å². The lowest BCUT2D eigenvalue weighted by molar-refractivity contribution is -0.133. The number of carbonyl (C=O) groups is 2. The minimum atomic E-state index is -0.877. The summed E-state index contributed by atoms with van der Waals surface area (Å²) in [5, 5.41) is 0. The van der Waals surface area contributed by atoms with Crippen LogP contribution in [0.4, 0.5) is 0 Å². The molecule has 0 radical (unpaired) electrons. The molecule has 0 aliphatic heterocycles. The maximum Gasteiger partial charge on any atom is 0.385 e. The predicted octanol–water partition coefficient (Wildman–Crippen LogP) is 4.06. The number of carbonyl (C=O) groups excluding carboxylic acids is 2. The maximum absolute atomic E-state index is 11.8. The van der Waals surface area contributed by atoms with Crippen LogP contribution >= 0.6 is 0 Å². The lowest BCUT2D eigenvalue weighted by atomic mass is 10.1. The molecule has 3 heteroatoms. The summed E-state index contributed by atoms with van der Waals surface area (Å²) in [5.41, 5.74) is 0.326. The van der Waals surface area contributed by atoms with Crippen LogP contribution in [0.15, 0.2) is 54.8 Å². The fraction of sp³-hybridized carbons (Fsp3) is 0.294. The minimum Gasteiger partial charge on any atom is -0.421 e. The molecule has 0 bridgehead atoms. The Hall–Kier alpha value is -2.16. The van der Waals surface area contributed by atoms with Gasteiger partial charge in [-0.2, -0.15) is 0 Å². The van der Waals surface area contributed by atoms with E-state index in [2.05, 4.69) is 13.5 Å². The fourth-order valence-corrected chi connectivity index (χ4v) is 1.67. The van der Waals surface area contributed by atoms with E-state index in [1.54, 1.807) is 36.4 Å². The first-order valence-electron chi connectivity index (χ1n) is 6.83. The zero-order valence-corrected chi connectivity index (χ0v) is 11.8. The van der Waals surface area contributed by atoms with Gasteiger partial charge in [0.15, 0.2) is 0 Å². The van der Waals surface area contributed by atoms with Gasteiger partial charge >= 0.3 is 5.97 Å². The molecule has 0 atom stereocenters. The van der Waals surface area contributed by atoms with Gasteiger partial charge in [-0.15, -0.1) is 0 Å². The monoisotopic (exact) mass is 272 g/mol. The summed E-state index contributed by atoms with van der Waals surface area (Å²) >= 11 is 0. The third-order valence-electron chi connectivity index (χ3n) is 2.79. The van der Waals surface area contributed by atoms with Gasteiger partial charge in [-0.05, 0) is 25.0 Å². The van der Waals surface area contributed by atoms with Crippen LogP contribution in [0.25, 0.3) is 0 Å². The first-order valence-corrected chi connectivity index (χ1v) is 6.83. The molecule has 0 aromatic heterocycles. The largest absolute Gasteiger partial charge is 0.421 e. The molecule has 0 fully saturated rings. The van der Waals surface area contributed by atoms with Gasteiger partial charge in [0.05, 0.1) is 0 Å². The van der Waals surface area contributed by atoms with Gasteiger partial charge < -0.3 is 4.74 Å². The van der Waals surface area contributed by atoms with Crippen LogP contribution in [0.1, 0.15) is 43.0 Å². The SMILES string of the molecule is C=CC(=CCCCCC)OC(=O)C(=O)c1ccccc1. The Morgan fingerprint density at radius 1 is 1.20 bits per heavy atom. The number of hydrogen-bond donors (Lipinski definition) is 0. The summed E-state index contributed by atoms with van der Waals surface area (Å²) in [6.45, 7) is 5.71. The summed E-state index contributed by atoms with van der Waals surface area (Å²) in [6, 6.07) is 8.36. The Balaban J connectivity index is 2.59.